The predicted molar refractivity (Wildman–Crippen MR) is 76.4 cm³/mol. The molecular formula is C15H25N3O. The van der Waals surface area contributed by atoms with Crippen LogP contribution in [0.3, 0.4) is 0 Å². The molecule has 1 N–H and O–H groups in total. The van der Waals surface area contributed by atoms with Crippen molar-refractivity contribution in [2.24, 2.45) is 0 Å². The lowest BCUT2D eigenvalue weighted by molar-refractivity contribution is 0.00316. The van der Waals surface area contributed by atoms with Crippen molar-refractivity contribution in [2.45, 2.75) is 32.9 Å². The Balaban J connectivity index is 1.56. The molecule has 2 fully saturated rings. The summed E-state index contributed by atoms with van der Waals surface area (Å²) in [6, 6.07) is 3.44. The van der Waals surface area contributed by atoms with Crippen molar-refractivity contribution in [3.63, 3.8) is 0 Å². The molecule has 1 aromatic heterocycles. The van der Waals surface area contributed by atoms with Crippen LogP contribution in [0, 0.1) is 13.8 Å². The molecule has 1 atom stereocenters. The smallest absolute Gasteiger partial charge is 0.105 e. The molecule has 3 rings (SSSR count). The zero-order valence-corrected chi connectivity index (χ0v) is 12.3. The molecule has 0 aliphatic carbocycles. The van der Waals surface area contributed by atoms with Crippen LogP contribution in [0.15, 0.2) is 10.5 Å². The van der Waals surface area contributed by atoms with Crippen LogP contribution >= 0.6 is 0 Å². The highest BCUT2D eigenvalue weighted by Gasteiger charge is 2.35. The summed E-state index contributed by atoms with van der Waals surface area (Å²) in [7, 11) is 0. The summed E-state index contributed by atoms with van der Waals surface area (Å²) in [4.78, 5) is 5.19. The van der Waals surface area contributed by atoms with Crippen molar-refractivity contribution < 1.29 is 4.42 Å². The van der Waals surface area contributed by atoms with Gasteiger partial charge in [0.2, 0.25) is 0 Å². The van der Waals surface area contributed by atoms with E-state index in [0.717, 1.165) is 30.7 Å². The van der Waals surface area contributed by atoms with Crippen LogP contribution in [0.1, 0.15) is 30.0 Å². The third-order valence-corrected chi connectivity index (χ3v) is 4.64. The van der Waals surface area contributed by atoms with E-state index in [-0.39, 0.29) is 0 Å². The van der Waals surface area contributed by atoms with Crippen LogP contribution < -0.4 is 5.32 Å². The van der Waals surface area contributed by atoms with Gasteiger partial charge in [0.25, 0.3) is 0 Å². The molecule has 2 aliphatic heterocycles. The molecule has 106 valence electrons. The molecule has 3 heterocycles. The topological polar surface area (TPSA) is 31.6 Å². The lowest BCUT2D eigenvalue weighted by atomic mass is 9.99. The third-order valence-electron chi connectivity index (χ3n) is 4.64. The summed E-state index contributed by atoms with van der Waals surface area (Å²) in [5, 5.41) is 3.42. The number of nitrogens with one attached hydrogen (secondary N) is 1. The summed E-state index contributed by atoms with van der Waals surface area (Å²) in [6.07, 6.45) is 0. The Labute approximate surface area is 115 Å². The first kappa shape index (κ1) is 13.2. The zero-order chi connectivity index (χ0) is 13.4. The first-order valence-electron chi connectivity index (χ1n) is 7.41. The van der Waals surface area contributed by atoms with E-state index >= 15 is 0 Å². The number of likely N-dealkylation sites (tertiary alicyclic amines) is 1. The fraction of sp³-hybridized carbons (Fsp3) is 0.733. The van der Waals surface area contributed by atoms with Crippen LogP contribution in [-0.2, 0) is 0 Å². The van der Waals surface area contributed by atoms with Crippen LogP contribution in [0.4, 0.5) is 0 Å². The van der Waals surface area contributed by atoms with Gasteiger partial charge in [-0.05, 0) is 26.8 Å². The maximum atomic E-state index is 5.65. The highest BCUT2D eigenvalue weighted by molar-refractivity contribution is 5.24. The normalized spacial score (nSPS) is 24.4. The van der Waals surface area contributed by atoms with Gasteiger partial charge in [-0.15, -0.1) is 0 Å². The zero-order valence-electron chi connectivity index (χ0n) is 12.3. The molecule has 0 spiro atoms. The highest BCUT2D eigenvalue weighted by Crippen LogP contribution is 2.31. The van der Waals surface area contributed by atoms with Crippen LogP contribution in [0.25, 0.3) is 0 Å². The Bertz CT molecular complexity index is 431. The fourth-order valence-electron chi connectivity index (χ4n) is 3.34. The van der Waals surface area contributed by atoms with Gasteiger partial charge in [0.1, 0.15) is 11.5 Å². The second-order valence-corrected chi connectivity index (χ2v) is 5.94. The Kier molecular flexibility index (Phi) is 3.65. The molecule has 2 aliphatic rings. The largest absolute Gasteiger partial charge is 0.466 e. The minimum Gasteiger partial charge on any atom is -0.466 e. The van der Waals surface area contributed by atoms with Gasteiger partial charge in [-0.3, -0.25) is 9.80 Å². The molecule has 0 aromatic carbocycles. The van der Waals surface area contributed by atoms with E-state index in [1.54, 1.807) is 0 Å². The molecule has 2 saturated heterocycles. The molecule has 19 heavy (non-hydrogen) atoms. The van der Waals surface area contributed by atoms with Crippen molar-refractivity contribution in [2.75, 3.05) is 39.3 Å². The van der Waals surface area contributed by atoms with Gasteiger partial charge < -0.3 is 9.73 Å². The second-order valence-electron chi connectivity index (χ2n) is 5.94. The SMILES string of the molecule is Cc1cc(C(C)N2CC(N3CCNCC3)C2)c(C)o1. The monoisotopic (exact) mass is 263 g/mol. The van der Waals surface area contributed by atoms with Gasteiger partial charge in [-0.2, -0.15) is 0 Å². The molecule has 4 nitrogen and oxygen atoms in total. The van der Waals surface area contributed by atoms with Crippen LogP contribution in [-0.4, -0.2) is 55.1 Å². The Morgan fingerprint density at radius 3 is 2.53 bits per heavy atom. The Morgan fingerprint density at radius 2 is 1.95 bits per heavy atom. The minimum absolute atomic E-state index is 0.483. The number of furan rings is 1. The van der Waals surface area contributed by atoms with Crippen molar-refractivity contribution in [3.8, 4) is 0 Å². The number of nitrogens with zero attached hydrogens (tertiary/aromatic N) is 2. The van der Waals surface area contributed by atoms with E-state index in [2.05, 4.69) is 35.0 Å². The number of hydrogen-bond acceptors (Lipinski definition) is 4. The van der Waals surface area contributed by atoms with Gasteiger partial charge in [-0.25, -0.2) is 0 Å². The molecule has 0 radical (unpaired) electrons. The highest BCUT2D eigenvalue weighted by atomic mass is 16.3. The summed E-state index contributed by atoms with van der Waals surface area (Å²) >= 11 is 0. The molecule has 0 saturated carbocycles. The first-order chi connectivity index (χ1) is 9.15. The molecule has 1 aromatic rings. The van der Waals surface area contributed by atoms with E-state index in [4.69, 9.17) is 4.42 Å². The lowest BCUT2D eigenvalue weighted by Crippen LogP contribution is -2.62. The molecule has 4 heteroatoms. The first-order valence-corrected chi connectivity index (χ1v) is 7.41. The maximum Gasteiger partial charge on any atom is 0.105 e. The van der Waals surface area contributed by atoms with Crippen LogP contribution in [0.2, 0.25) is 0 Å². The molecule has 0 amide bonds. The Hall–Kier alpha value is -0.840. The molecule has 1 unspecified atom stereocenters. The van der Waals surface area contributed by atoms with Gasteiger partial charge in [0.05, 0.1) is 0 Å². The fourth-order valence-corrected chi connectivity index (χ4v) is 3.34. The minimum atomic E-state index is 0.483. The van der Waals surface area contributed by atoms with Crippen molar-refractivity contribution in [1.82, 2.24) is 15.1 Å². The van der Waals surface area contributed by atoms with Gasteiger partial charge >= 0.3 is 0 Å². The van der Waals surface area contributed by atoms with Gasteiger partial charge in [-0.1, -0.05) is 0 Å². The van der Waals surface area contributed by atoms with Crippen LogP contribution in [0.5, 0.6) is 0 Å². The van der Waals surface area contributed by atoms with E-state index in [1.807, 2.05) is 6.92 Å². The Morgan fingerprint density at radius 1 is 1.26 bits per heavy atom. The molecular weight excluding hydrogens is 238 g/mol. The maximum absolute atomic E-state index is 5.65. The third kappa shape index (κ3) is 2.57. The predicted octanol–water partition coefficient (Wildman–Crippen LogP) is 1.55. The number of piperazine rings is 1. The lowest BCUT2D eigenvalue weighted by Gasteiger charge is -2.49. The standard InChI is InChI=1S/C15H25N3O/c1-11-8-15(13(3)19-11)12(2)18-9-14(10-18)17-6-4-16-5-7-17/h8,12,14,16H,4-7,9-10H2,1-3H3. The van der Waals surface area contributed by atoms with E-state index in [0.29, 0.717) is 6.04 Å². The number of aryl methyl sites for hydroxylation is 2. The molecule has 0 bridgehead atoms. The van der Waals surface area contributed by atoms with E-state index < -0.39 is 0 Å². The van der Waals surface area contributed by atoms with Crippen molar-refractivity contribution in [3.05, 3.63) is 23.2 Å². The average molecular weight is 263 g/mol. The summed E-state index contributed by atoms with van der Waals surface area (Å²) < 4.78 is 5.65. The quantitative estimate of drug-likeness (QED) is 0.896. The van der Waals surface area contributed by atoms with Crippen molar-refractivity contribution >= 4 is 0 Å². The summed E-state index contributed by atoms with van der Waals surface area (Å²) in [6.45, 7) is 13.5. The van der Waals surface area contributed by atoms with E-state index in [1.165, 1.54) is 31.7 Å². The van der Waals surface area contributed by atoms with E-state index in [9.17, 15) is 0 Å². The summed E-state index contributed by atoms with van der Waals surface area (Å²) in [5.41, 5.74) is 1.36. The van der Waals surface area contributed by atoms with Gasteiger partial charge in [0, 0.05) is 56.9 Å². The number of rotatable bonds is 3. The van der Waals surface area contributed by atoms with Crippen molar-refractivity contribution in [1.29, 1.82) is 0 Å². The second kappa shape index (κ2) is 5.27. The summed E-state index contributed by atoms with van der Waals surface area (Å²) in [5.74, 6) is 2.11. The number of hydrogen-bond donors (Lipinski definition) is 1. The average Bonchev–Trinajstić information content (AvgIpc) is 2.68. The van der Waals surface area contributed by atoms with Gasteiger partial charge in [0.15, 0.2) is 0 Å².